The summed E-state index contributed by atoms with van der Waals surface area (Å²) in [6.07, 6.45) is 0.530. The lowest BCUT2D eigenvalue weighted by atomic mass is 10.1. The van der Waals surface area contributed by atoms with Gasteiger partial charge in [0.15, 0.2) is 0 Å². The number of carbonyl (C=O) groups is 2. The molecule has 0 bridgehead atoms. The van der Waals surface area contributed by atoms with Gasteiger partial charge >= 0.3 is 5.97 Å². The van der Waals surface area contributed by atoms with Crippen LogP contribution in [-0.4, -0.2) is 30.4 Å². The van der Waals surface area contributed by atoms with Crippen molar-refractivity contribution in [2.75, 3.05) is 13.0 Å². The van der Waals surface area contributed by atoms with E-state index in [1.54, 1.807) is 24.3 Å². The Morgan fingerprint density at radius 3 is 2.61 bits per heavy atom. The summed E-state index contributed by atoms with van der Waals surface area (Å²) < 4.78 is 4.73. The van der Waals surface area contributed by atoms with Gasteiger partial charge in [-0.15, -0.1) is 11.6 Å². The maximum atomic E-state index is 12.0. The Labute approximate surface area is 110 Å². The number of hydrogen-bond acceptors (Lipinski definition) is 3. The number of esters is 1. The molecule has 0 heterocycles. The van der Waals surface area contributed by atoms with Crippen LogP contribution >= 0.6 is 11.6 Å². The summed E-state index contributed by atoms with van der Waals surface area (Å²) in [7, 11) is 1.31. The lowest BCUT2D eigenvalue weighted by Crippen LogP contribution is -2.45. The number of carbonyl (C=O) groups excluding carboxylic acids is 2. The van der Waals surface area contributed by atoms with Gasteiger partial charge in [0, 0.05) is 17.4 Å². The molecule has 5 heteroatoms. The Kier molecular flexibility index (Phi) is 3.57. The van der Waals surface area contributed by atoms with Gasteiger partial charge in [-0.1, -0.05) is 18.2 Å². The second-order valence-electron chi connectivity index (χ2n) is 4.34. The number of rotatable bonds is 4. The molecule has 1 aliphatic carbocycles. The number of nitrogens with one attached hydrogen (secondary N) is 1. The molecule has 1 amide bonds. The molecule has 1 aromatic carbocycles. The summed E-state index contributed by atoms with van der Waals surface area (Å²) in [4.78, 5) is 23.8. The van der Waals surface area contributed by atoms with E-state index in [-0.39, 0.29) is 11.8 Å². The summed E-state index contributed by atoms with van der Waals surface area (Å²) in [6, 6.07) is 8.75. The van der Waals surface area contributed by atoms with Crippen LogP contribution in [0.4, 0.5) is 0 Å². The fourth-order valence-electron chi connectivity index (χ4n) is 2.02. The highest BCUT2D eigenvalue weighted by Gasteiger charge is 2.61. The number of methoxy groups -OCH3 is 1. The standard InChI is InChI=1S/C13H14ClNO3/c1-18-12(17)13(7-10(13)8-14)15-11(16)9-5-3-2-4-6-9/h2-6,10H,7-8H2,1H3,(H,15,16)/t10-,13-/m0/s1. The number of ether oxygens (including phenoxy) is 1. The first-order valence-corrected chi connectivity index (χ1v) is 6.19. The normalized spacial score (nSPS) is 25.3. The van der Waals surface area contributed by atoms with E-state index in [1.165, 1.54) is 7.11 Å². The second kappa shape index (κ2) is 4.98. The highest BCUT2D eigenvalue weighted by Crippen LogP contribution is 2.45. The summed E-state index contributed by atoms with van der Waals surface area (Å²) in [5.74, 6) is -0.449. The molecule has 2 atom stereocenters. The van der Waals surface area contributed by atoms with Crippen LogP contribution in [0.1, 0.15) is 16.8 Å². The Morgan fingerprint density at radius 2 is 2.11 bits per heavy atom. The Bertz CT molecular complexity index is 463. The quantitative estimate of drug-likeness (QED) is 0.666. The van der Waals surface area contributed by atoms with Gasteiger partial charge in [-0.05, 0) is 18.6 Å². The number of halogens is 1. The molecule has 0 aliphatic heterocycles. The van der Waals surface area contributed by atoms with E-state index < -0.39 is 11.5 Å². The highest BCUT2D eigenvalue weighted by atomic mass is 35.5. The summed E-state index contributed by atoms with van der Waals surface area (Å²) in [5.41, 5.74) is -0.426. The van der Waals surface area contributed by atoms with E-state index in [0.29, 0.717) is 17.9 Å². The van der Waals surface area contributed by atoms with Crippen LogP contribution in [0.3, 0.4) is 0 Å². The van der Waals surface area contributed by atoms with Crippen LogP contribution in [0, 0.1) is 5.92 Å². The van der Waals surface area contributed by atoms with Gasteiger partial charge in [0.25, 0.3) is 5.91 Å². The van der Waals surface area contributed by atoms with Crippen molar-refractivity contribution in [2.24, 2.45) is 5.92 Å². The van der Waals surface area contributed by atoms with Crippen molar-refractivity contribution in [2.45, 2.75) is 12.0 Å². The van der Waals surface area contributed by atoms with Crippen molar-refractivity contribution in [1.29, 1.82) is 0 Å². The lowest BCUT2D eigenvalue weighted by Gasteiger charge is -2.16. The molecule has 1 aliphatic rings. The maximum Gasteiger partial charge on any atom is 0.331 e. The van der Waals surface area contributed by atoms with Crippen molar-refractivity contribution in [1.82, 2.24) is 5.32 Å². The van der Waals surface area contributed by atoms with Crippen LogP contribution in [0.2, 0.25) is 0 Å². The van der Waals surface area contributed by atoms with E-state index in [9.17, 15) is 9.59 Å². The fraction of sp³-hybridized carbons (Fsp3) is 0.385. The van der Waals surface area contributed by atoms with Crippen LogP contribution in [0.5, 0.6) is 0 Å². The van der Waals surface area contributed by atoms with Gasteiger partial charge in [-0.25, -0.2) is 4.79 Å². The molecule has 0 aromatic heterocycles. The first kappa shape index (κ1) is 12.9. The zero-order chi connectivity index (χ0) is 13.2. The van der Waals surface area contributed by atoms with E-state index in [1.807, 2.05) is 6.07 Å². The average Bonchev–Trinajstić information content (AvgIpc) is 3.13. The molecule has 4 nitrogen and oxygen atoms in total. The second-order valence-corrected chi connectivity index (χ2v) is 4.65. The van der Waals surface area contributed by atoms with Gasteiger partial charge in [0.05, 0.1) is 7.11 Å². The van der Waals surface area contributed by atoms with Crippen LogP contribution in [0.25, 0.3) is 0 Å². The Hall–Kier alpha value is -1.55. The maximum absolute atomic E-state index is 12.0. The zero-order valence-electron chi connectivity index (χ0n) is 9.98. The molecule has 1 N–H and O–H groups in total. The molecule has 0 radical (unpaired) electrons. The minimum atomic E-state index is -0.941. The SMILES string of the molecule is COC(=O)[C@]1(NC(=O)c2ccccc2)C[C@H]1CCl. The number of amides is 1. The summed E-state index contributed by atoms with van der Waals surface area (Å²) >= 11 is 5.75. The predicted molar refractivity (Wildman–Crippen MR) is 67.5 cm³/mol. The first-order valence-electron chi connectivity index (χ1n) is 5.66. The molecule has 2 rings (SSSR count). The monoisotopic (exact) mass is 267 g/mol. The minimum absolute atomic E-state index is 0.0562. The van der Waals surface area contributed by atoms with E-state index in [4.69, 9.17) is 16.3 Å². The summed E-state index contributed by atoms with van der Waals surface area (Å²) in [6.45, 7) is 0. The Morgan fingerprint density at radius 1 is 1.44 bits per heavy atom. The molecule has 96 valence electrons. The number of alkyl halides is 1. The summed E-state index contributed by atoms with van der Waals surface area (Å²) in [5, 5.41) is 2.74. The van der Waals surface area contributed by atoms with E-state index >= 15 is 0 Å². The number of benzene rings is 1. The Balaban J connectivity index is 2.12. The van der Waals surface area contributed by atoms with Gasteiger partial charge in [-0.3, -0.25) is 4.79 Å². The van der Waals surface area contributed by atoms with Crippen LogP contribution in [0.15, 0.2) is 30.3 Å². The molecule has 1 aromatic rings. The van der Waals surface area contributed by atoms with Crippen molar-refractivity contribution in [3.63, 3.8) is 0 Å². The highest BCUT2D eigenvalue weighted by molar-refractivity contribution is 6.18. The van der Waals surface area contributed by atoms with Gasteiger partial charge in [0.2, 0.25) is 0 Å². The topological polar surface area (TPSA) is 55.4 Å². The number of hydrogen-bond donors (Lipinski definition) is 1. The molecular weight excluding hydrogens is 254 g/mol. The fourth-order valence-corrected chi connectivity index (χ4v) is 2.39. The molecular formula is C13H14ClNO3. The van der Waals surface area contributed by atoms with Crippen molar-refractivity contribution < 1.29 is 14.3 Å². The first-order chi connectivity index (χ1) is 8.64. The molecule has 18 heavy (non-hydrogen) atoms. The van der Waals surface area contributed by atoms with Gasteiger partial charge < -0.3 is 10.1 Å². The minimum Gasteiger partial charge on any atom is -0.467 e. The van der Waals surface area contributed by atoms with Gasteiger partial charge in [0.1, 0.15) is 5.54 Å². The van der Waals surface area contributed by atoms with Crippen LogP contribution < -0.4 is 5.32 Å². The van der Waals surface area contributed by atoms with Crippen molar-refractivity contribution >= 4 is 23.5 Å². The molecule has 0 spiro atoms. The largest absolute Gasteiger partial charge is 0.467 e. The van der Waals surface area contributed by atoms with Crippen molar-refractivity contribution in [3.8, 4) is 0 Å². The van der Waals surface area contributed by atoms with E-state index in [0.717, 1.165) is 0 Å². The predicted octanol–water partition coefficient (Wildman–Crippen LogP) is 1.59. The zero-order valence-corrected chi connectivity index (χ0v) is 10.7. The molecule has 0 saturated heterocycles. The average molecular weight is 268 g/mol. The lowest BCUT2D eigenvalue weighted by molar-refractivity contribution is -0.144. The molecule has 1 saturated carbocycles. The molecule has 1 fully saturated rings. The third-order valence-corrected chi connectivity index (χ3v) is 3.59. The van der Waals surface area contributed by atoms with Gasteiger partial charge in [-0.2, -0.15) is 0 Å². The molecule has 0 unspecified atom stereocenters. The third kappa shape index (κ3) is 2.20. The smallest absolute Gasteiger partial charge is 0.331 e. The van der Waals surface area contributed by atoms with Crippen molar-refractivity contribution in [3.05, 3.63) is 35.9 Å². The third-order valence-electron chi connectivity index (χ3n) is 3.21. The van der Waals surface area contributed by atoms with E-state index in [2.05, 4.69) is 5.32 Å². The van der Waals surface area contributed by atoms with Crippen LogP contribution in [-0.2, 0) is 9.53 Å².